The average molecular weight is 207 g/mol. The van der Waals surface area contributed by atoms with Crippen molar-refractivity contribution in [1.82, 2.24) is 4.98 Å². The Bertz CT molecular complexity index is 539. The van der Waals surface area contributed by atoms with Crippen molar-refractivity contribution in [1.29, 1.82) is 5.26 Å². The Balaban J connectivity index is 2.28. The van der Waals surface area contributed by atoms with E-state index in [1.165, 1.54) is 0 Å². The van der Waals surface area contributed by atoms with E-state index in [0.717, 1.165) is 5.56 Å². The van der Waals surface area contributed by atoms with Crippen LogP contribution < -0.4 is 0 Å². The first-order valence-corrected chi connectivity index (χ1v) is 4.83. The maximum atomic E-state index is 8.88. The number of nitrogens with zero attached hydrogens (tertiary/aromatic N) is 3. The zero-order valence-electron chi connectivity index (χ0n) is 8.54. The van der Waals surface area contributed by atoms with Gasteiger partial charge in [0.15, 0.2) is 0 Å². The number of pyridine rings is 1. The van der Waals surface area contributed by atoms with Crippen LogP contribution in [-0.4, -0.2) is 11.2 Å². The van der Waals surface area contributed by atoms with Crippen LogP contribution in [-0.2, 0) is 0 Å². The maximum Gasteiger partial charge on any atom is 0.101 e. The zero-order chi connectivity index (χ0) is 11.2. The number of hydrogen-bond acceptors (Lipinski definition) is 3. The fourth-order valence-corrected chi connectivity index (χ4v) is 1.27. The van der Waals surface area contributed by atoms with Gasteiger partial charge in [-0.1, -0.05) is 12.1 Å². The molecule has 16 heavy (non-hydrogen) atoms. The first-order valence-electron chi connectivity index (χ1n) is 4.83. The number of rotatable bonds is 2. The highest BCUT2D eigenvalue weighted by Crippen LogP contribution is 2.16. The van der Waals surface area contributed by atoms with Crippen molar-refractivity contribution in [2.45, 2.75) is 0 Å². The molecule has 0 saturated heterocycles. The van der Waals surface area contributed by atoms with Gasteiger partial charge in [0.2, 0.25) is 0 Å². The Hall–Kier alpha value is -2.47. The quantitative estimate of drug-likeness (QED) is 0.711. The molecule has 0 N–H and O–H groups in total. The second-order valence-electron chi connectivity index (χ2n) is 3.17. The van der Waals surface area contributed by atoms with Gasteiger partial charge in [-0.2, -0.15) is 5.26 Å². The largest absolute Gasteiger partial charge is 0.265 e. The predicted octanol–water partition coefficient (Wildman–Crippen LogP) is 2.70. The van der Waals surface area contributed by atoms with Crippen molar-refractivity contribution in [3.63, 3.8) is 0 Å². The first kappa shape index (κ1) is 10.1. The topological polar surface area (TPSA) is 49.0 Å². The van der Waals surface area contributed by atoms with E-state index in [-0.39, 0.29) is 0 Å². The zero-order valence-corrected chi connectivity index (χ0v) is 8.54. The van der Waals surface area contributed by atoms with Crippen LogP contribution in [0.2, 0.25) is 0 Å². The number of aromatic nitrogens is 1. The van der Waals surface area contributed by atoms with E-state index in [1.54, 1.807) is 24.7 Å². The van der Waals surface area contributed by atoms with Gasteiger partial charge in [0.05, 0.1) is 11.3 Å². The van der Waals surface area contributed by atoms with Gasteiger partial charge in [0.25, 0.3) is 0 Å². The highest BCUT2D eigenvalue weighted by atomic mass is 14.7. The van der Waals surface area contributed by atoms with Gasteiger partial charge in [-0.05, 0) is 29.8 Å². The van der Waals surface area contributed by atoms with E-state index >= 15 is 0 Å². The minimum absolute atomic E-state index is 0.577. The fraction of sp³-hybridized carbons (Fsp3) is 0. The Morgan fingerprint density at radius 1 is 1.12 bits per heavy atom. The van der Waals surface area contributed by atoms with Crippen LogP contribution in [0.4, 0.5) is 5.69 Å². The molecule has 0 bridgehead atoms. The Morgan fingerprint density at radius 3 is 2.62 bits per heavy atom. The van der Waals surface area contributed by atoms with E-state index in [4.69, 9.17) is 5.26 Å². The fourth-order valence-electron chi connectivity index (χ4n) is 1.27. The summed E-state index contributed by atoms with van der Waals surface area (Å²) in [6.45, 7) is 0. The molecule has 2 rings (SSSR count). The van der Waals surface area contributed by atoms with Gasteiger partial charge in [0, 0.05) is 18.6 Å². The van der Waals surface area contributed by atoms with E-state index in [0.29, 0.717) is 11.3 Å². The molecule has 0 aliphatic heterocycles. The lowest BCUT2D eigenvalue weighted by Gasteiger charge is -1.95. The average Bonchev–Trinajstić information content (AvgIpc) is 2.38. The van der Waals surface area contributed by atoms with E-state index in [2.05, 4.69) is 16.0 Å². The smallest absolute Gasteiger partial charge is 0.101 e. The number of nitriles is 1. The van der Waals surface area contributed by atoms with E-state index < -0.39 is 0 Å². The van der Waals surface area contributed by atoms with Crippen LogP contribution in [0.5, 0.6) is 0 Å². The second kappa shape index (κ2) is 4.85. The first-order chi connectivity index (χ1) is 7.90. The standard InChI is InChI=1S/C13H9N3/c14-9-12-3-1-2-4-13(12)16-10-11-5-7-15-8-6-11/h1-8,10H. The summed E-state index contributed by atoms with van der Waals surface area (Å²) in [6, 6.07) is 13.1. The number of hydrogen-bond donors (Lipinski definition) is 0. The number of aliphatic imine (C=N–C) groups is 1. The lowest BCUT2D eigenvalue weighted by Crippen LogP contribution is -1.81. The molecule has 0 aliphatic rings. The van der Waals surface area contributed by atoms with Gasteiger partial charge in [-0.25, -0.2) is 0 Å². The molecule has 0 spiro atoms. The summed E-state index contributed by atoms with van der Waals surface area (Å²) in [6.07, 6.45) is 5.13. The molecular formula is C13H9N3. The summed E-state index contributed by atoms with van der Waals surface area (Å²) in [5, 5.41) is 8.88. The molecule has 3 heteroatoms. The normalized spacial score (nSPS) is 10.2. The summed E-state index contributed by atoms with van der Waals surface area (Å²) in [4.78, 5) is 8.19. The van der Waals surface area contributed by atoms with Gasteiger partial charge in [0.1, 0.15) is 6.07 Å². The van der Waals surface area contributed by atoms with Crippen molar-refractivity contribution in [2.75, 3.05) is 0 Å². The number of benzene rings is 1. The summed E-state index contributed by atoms with van der Waals surface area (Å²) in [7, 11) is 0. The van der Waals surface area contributed by atoms with Crippen LogP contribution >= 0.6 is 0 Å². The van der Waals surface area contributed by atoms with Crippen molar-refractivity contribution >= 4 is 11.9 Å². The lowest BCUT2D eigenvalue weighted by atomic mass is 10.2. The highest BCUT2D eigenvalue weighted by molar-refractivity contribution is 5.82. The monoisotopic (exact) mass is 207 g/mol. The van der Waals surface area contributed by atoms with Gasteiger partial charge >= 0.3 is 0 Å². The molecule has 1 heterocycles. The van der Waals surface area contributed by atoms with Crippen LogP contribution in [0.25, 0.3) is 0 Å². The predicted molar refractivity (Wildman–Crippen MR) is 62.6 cm³/mol. The molecule has 0 fully saturated rings. The van der Waals surface area contributed by atoms with Crippen molar-refractivity contribution in [3.05, 3.63) is 59.9 Å². The molecule has 1 aromatic heterocycles. The van der Waals surface area contributed by atoms with Gasteiger partial charge < -0.3 is 0 Å². The van der Waals surface area contributed by atoms with Crippen LogP contribution in [0, 0.1) is 11.3 Å². The molecule has 2 aromatic rings. The molecule has 0 amide bonds. The van der Waals surface area contributed by atoms with Gasteiger partial charge in [-0.15, -0.1) is 0 Å². The SMILES string of the molecule is N#Cc1ccccc1N=Cc1ccncc1. The summed E-state index contributed by atoms with van der Waals surface area (Å²) >= 11 is 0. The molecule has 0 atom stereocenters. The highest BCUT2D eigenvalue weighted by Gasteiger charge is 1.96. The van der Waals surface area contributed by atoms with Crippen LogP contribution in [0.1, 0.15) is 11.1 Å². The molecule has 3 nitrogen and oxygen atoms in total. The maximum absolute atomic E-state index is 8.88. The molecular weight excluding hydrogens is 198 g/mol. The van der Waals surface area contributed by atoms with E-state index in [1.807, 2.05) is 30.3 Å². The third kappa shape index (κ3) is 2.31. The van der Waals surface area contributed by atoms with Gasteiger partial charge in [-0.3, -0.25) is 9.98 Å². The molecule has 1 aromatic carbocycles. The molecule has 0 saturated carbocycles. The Labute approximate surface area is 93.7 Å². The van der Waals surface area contributed by atoms with Crippen molar-refractivity contribution in [3.8, 4) is 6.07 Å². The lowest BCUT2D eigenvalue weighted by molar-refractivity contribution is 1.32. The third-order valence-electron chi connectivity index (χ3n) is 2.08. The molecule has 0 unspecified atom stereocenters. The van der Waals surface area contributed by atoms with E-state index in [9.17, 15) is 0 Å². The second-order valence-corrected chi connectivity index (χ2v) is 3.17. The minimum atomic E-state index is 0.577. The Morgan fingerprint density at radius 2 is 1.88 bits per heavy atom. The van der Waals surface area contributed by atoms with Crippen LogP contribution in [0.15, 0.2) is 53.8 Å². The Kier molecular flexibility index (Phi) is 3.05. The third-order valence-corrected chi connectivity index (χ3v) is 2.08. The summed E-state index contributed by atoms with van der Waals surface area (Å²) in [5.41, 5.74) is 2.22. The number of para-hydroxylation sites is 1. The van der Waals surface area contributed by atoms with Crippen molar-refractivity contribution in [2.24, 2.45) is 4.99 Å². The molecule has 76 valence electrons. The molecule has 0 radical (unpaired) electrons. The summed E-state index contributed by atoms with van der Waals surface area (Å²) in [5.74, 6) is 0. The van der Waals surface area contributed by atoms with Crippen LogP contribution in [0.3, 0.4) is 0 Å². The molecule has 0 aliphatic carbocycles. The summed E-state index contributed by atoms with van der Waals surface area (Å²) < 4.78 is 0. The minimum Gasteiger partial charge on any atom is -0.265 e. The van der Waals surface area contributed by atoms with Crippen molar-refractivity contribution < 1.29 is 0 Å².